The quantitative estimate of drug-likeness (QED) is 0.526. The summed E-state index contributed by atoms with van der Waals surface area (Å²) in [4.78, 5) is 0. The predicted octanol–water partition coefficient (Wildman–Crippen LogP) is 6.53. The van der Waals surface area contributed by atoms with Crippen molar-refractivity contribution in [3.63, 3.8) is 0 Å². The lowest BCUT2D eigenvalue weighted by Crippen LogP contribution is -2.18. The Morgan fingerprint density at radius 3 is 1.54 bits per heavy atom. The Bertz CT molecular complexity index is 633. The van der Waals surface area contributed by atoms with Crippen LogP contribution in [0.3, 0.4) is 0 Å². The fourth-order valence-electron chi connectivity index (χ4n) is 1.74. The second-order valence-electron chi connectivity index (χ2n) is 4.29. The molecule has 0 heterocycles. The largest absolute Gasteiger partial charge is 0.417 e. The maximum Gasteiger partial charge on any atom is 0.417 e. The third kappa shape index (κ3) is 4.15. The van der Waals surface area contributed by atoms with E-state index in [9.17, 15) is 52.7 Å². The van der Waals surface area contributed by atoms with E-state index in [1.165, 1.54) is 0 Å². The number of benzene rings is 1. The van der Waals surface area contributed by atoms with Crippen molar-refractivity contribution in [3.05, 3.63) is 40.5 Å². The fraction of sp³-hybridized carbons (Fsp3) is 0.333. The summed E-state index contributed by atoms with van der Waals surface area (Å²) in [5.74, 6) is -2.94. The first-order valence-corrected chi connectivity index (χ1v) is 5.63. The first-order valence-electron chi connectivity index (χ1n) is 5.63. The number of halogens is 12. The van der Waals surface area contributed by atoms with Crippen molar-refractivity contribution in [2.75, 3.05) is 0 Å². The molecular weight excluding hydrogens is 372 g/mol. The van der Waals surface area contributed by atoms with Crippen molar-refractivity contribution in [2.45, 2.75) is 24.9 Å². The highest BCUT2D eigenvalue weighted by Crippen LogP contribution is 2.45. The van der Waals surface area contributed by atoms with Crippen LogP contribution in [0.25, 0.3) is 5.83 Å². The first-order chi connectivity index (χ1) is 10.7. The molecule has 136 valence electrons. The Kier molecular flexibility index (Phi) is 5.51. The standard InChI is InChI=1S/C12H4F12/c13-7(9(15)16)3-1-5(11(19,20)21)4(8(14)10(17)18)2-6(3)12(22,23)24/h1-2,7,9H. The molecule has 24 heavy (non-hydrogen) atoms. The van der Waals surface area contributed by atoms with Gasteiger partial charge in [-0.1, -0.05) is 0 Å². The molecule has 0 N–H and O–H groups in total. The minimum Gasteiger partial charge on any atom is -0.236 e. The molecule has 0 aliphatic carbocycles. The van der Waals surface area contributed by atoms with Crippen molar-refractivity contribution in [1.82, 2.24) is 0 Å². The third-order valence-electron chi connectivity index (χ3n) is 2.72. The van der Waals surface area contributed by atoms with Gasteiger partial charge < -0.3 is 0 Å². The van der Waals surface area contributed by atoms with Crippen LogP contribution in [0.5, 0.6) is 0 Å². The molecule has 12 heteroatoms. The summed E-state index contributed by atoms with van der Waals surface area (Å²) in [5.41, 5.74) is -9.24. The van der Waals surface area contributed by atoms with Gasteiger partial charge in [0.1, 0.15) is 0 Å². The van der Waals surface area contributed by atoms with Crippen LogP contribution in [0.15, 0.2) is 18.2 Å². The molecule has 0 aliphatic heterocycles. The molecular formula is C12H4F12. The zero-order valence-corrected chi connectivity index (χ0v) is 10.8. The van der Waals surface area contributed by atoms with Gasteiger partial charge in [0.25, 0.3) is 6.43 Å². The lowest BCUT2D eigenvalue weighted by atomic mass is 9.94. The summed E-state index contributed by atoms with van der Waals surface area (Å²) < 4.78 is 152. The van der Waals surface area contributed by atoms with Gasteiger partial charge in [-0.05, 0) is 12.1 Å². The Balaban J connectivity index is 3.91. The molecule has 0 radical (unpaired) electrons. The lowest BCUT2D eigenvalue weighted by Gasteiger charge is -2.20. The summed E-state index contributed by atoms with van der Waals surface area (Å²) in [6.07, 6.45) is -22.7. The fourth-order valence-corrected chi connectivity index (χ4v) is 1.74. The predicted molar refractivity (Wildman–Crippen MR) is 56.5 cm³/mol. The number of rotatable bonds is 3. The zero-order chi connectivity index (χ0) is 19.0. The highest BCUT2D eigenvalue weighted by atomic mass is 19.4. The van der Waals surface area contributed by atoms with Crippen molar-refractivity contribution in [1.29, 1.82) is 0 Å². The van der Waals surface area contributed by atoms with E-state index >= 15 is 0 Å². The van der Waals surface area contributed by atoms with Gasteiger partial charge in [0, 0.05) is 11.1 Å². The van der Waals surface area contributed by atoms with Gasteiger partial charge in [0.05, 0.1) is 11.1 Å². The van der Waals surface area contributed by atoms with Crippen LogP contribution in [0, 0.1) is 0 Å². The van der Waals surface area contributed by atoms with E-state index in [-0.39, 0.29) is 0 Å². The SMILES string of the molecule is FC(F)=C(F)c1cc(C(F)(F)F)c(C(F)C(F)F)cc1C(F)(F)F. The average Bonchev–Trinajstić information content (AvgIpc) is 2.42. The highest BCUT2D eigenvalue weighted by Gasteiger charge is 2.43. The van der Waals surface area contributed by atoms with Gasteiger partial charge in [0.15, 0.2) is 12.0 Å². The van der Waals surface area contributed by atoms with Gasteiger partial charge in [-0.15, -0.1) is 0 Å². The van der Waals surface area contributed by atoms with E-state index < -0.39 is 71.2 Å². The van der Waals surface area contributed by atoms with Crippen LogP contribution >= 0.6 is 0 Å². The summed E-state index contributed by atoms with van der Waals surface area (Å²) in [6, 6.07) is -1.53. The Hall–Kier alpha value is -1.88. The highest BCUT2D eigenvalue weighted by molar-refractivity contribution is 5.66. The second kappa shape index (κ2) is 6.55. The van der Waals surface area contributed by atoms with E-state index in [2.05, 4.69) is 0 Å². The summed E-state index contributed by atoms with van der Waals surface area (Å²) in [5, 5.41) is 0. The Labute approximate surface area is 125 Å². The van der Waals surface area contributed by atoms with Gasteiger partial charge >= 0.3 is 18.4 Å². The van der Waals surface area contributed by atoms with Crippen molar-refractivity contribution >= 4 is 5.83 Å². The lowest BCUT2D eigenvalue weighted by molar-refractivity contribution is -0.143. The summed E-state index contributed by atoms with van der Waals surface area (Å²) in [7, 11) is 0. The molecule has 0 aromatic heterocycles. The first kappa shape index (κ1) is 20.2. The molecule has 1 aromatic rings. The van der Waals surface area contributed by atoms with Crippen LogP contribution in [0.2, 0.25) is 0 Å². The van der Waals surface area contributed by atoms with Crippen molar-refractivity contribution in [2.24, 2.45) is 0 Å². The molecule has 0 fully saturated rings. The van der Waals surface area contributed by atoms with Crippen molar-refractivity contribution < 1.29 is 52.7 Å². The number of alkyl halides is 9. The van der Waals surface area contributed by atoms with Crippen LogP contribution in [-0.2, 0) is 12.4 Å². The van der Waals surface area contributed by atoms with E-state index in [0.29, 0.717) is 0 Å². The monoisotopic (exact) mass is 376 g/mol. The van der Waals surface area contributed by atoms with E-state index in [1.54, 1.807) is 0 Å². The molecule has 0 bridgehead atoms. The molecule has 0 nitrogen and oxygen atoms in total. The van der Waals surface area contributed by atoms with Gasteiger partial charge in [-0.25, -0.2) is 17.6 Å². The van der Waals surface area contributed by atoms with Crippen LogP contribution in [0.4, 0.5) is 52.7 Å². The minimum absolute atomic E-state index is 0.752. The molecule has 0 aliphatic rings. The Morgan fingerprint density at radius 1 is 0.750 bits per heavy atom. The number of hydrogen-bond donors (Lipinski definition) is 0. The smallest absolute Gasteiger partial charge is 0.236 e. The van der Waals surface area contributed by atoms with E-state index in [4.69, 9.17) is 0 Å². The van der Waals surface area contributed by atoms with E-state index in [1.807, 2.05) is 0 Å². The average molecular weight is 376 g/mol. The van der Waals surface area contributed by atoms with E-state index in [0.717, 1.165) is 0 Å². The maximum absolute atomic E-state index is 13.2. The second-order valence-corrected chi connectivity index (χ2v) is 4.29. The van der Waals surface area contributed by atoms with Crippen LogP contribution < -0.4 is 0 Å². The molecule has 0 saturated carbocycles. The minimum atomic E-state index is -5.71. The maximum atomic E-state index is 13.2. The zero-order valence-electron chi connectivity index (χ0n) is 10.8. The third-order valence-corrected chi connectivity index (χ3v) is 2.72. The number of hydrogen-bond acceptors (Lipinski definition) is 0. The molecule has 0 spiro atoms. The molecule has 1 unspecified atom stereocenters. The van der Waals surface area contributed by atoms with Crippen molar-refractivity contribution in [3.8, 4) is 0 Å². The molecule has 0 saturated heterocycles. The van der Waals surface area contributed by atoms with Gasteiger partial charge in [-0.2, -0.15) is 35.1 Å². The molecule has 0 amide bonds. The Morgan fingerprint density at radius 2 is 1.21 bits per heavy atom. The molecule has 1 aromatic carbocycles. The van der Waals surface area contributed by atoms with Gasteiger partial charge in [0.2, 0.25) is 0 Å². The summed E-state index contributed by atoms with van der Waals surface area (Å²) in [6.45, 7) is 0. The normalized spacial score (nSPS) is 14.0. The molecule has 1 atom stereocenters. The molecule has 1 rings (SSSR count). The van der Waals surface area contributed by atoms with Crippen LogP contribution in [-0.4, -0.2) is 6.43 Å². The summed E-state index contributed by atoms with van der Waals surface area (Å²) >= 11 is 0. The van der Waals surface area contributed by atoms with Crippen LogP contribution in [0.1, 0.15) is 28.4 Å². The topological polar surface area (TPSA) is 0 Å². The van der Waals surface area contributed by atoms with Gasteiger partial charge in [-0.3, -0.25) is 0 Å².